The van der Waals surface area contributed by atoms with Gasteiger partial charge >= 0.3 is 0 Å². The van der Waals surface area contributed by atoms with Crippen molar-refractivity contribution in [2.24, 2.45) is 5.92 Å². The smallest absolute Gasteiger partial charge is 0.242 e. The van der Waals surface area contributed by atoms with Gasteiger partial charge in [0, 0.05) is 22.8 Å². The van der Waals surface area contributed by atoms with Gasteiger partial charge in [0.25, 0.3) is 0 Å². The number of hydrogen-bond acceptors (Lipinski definition) is 3. The number of carbonyl (C=O) groups excluding carboxylic acids is 2. The molecule has 6 heteroatoms. The molecule has 174 valence electrons. The third kappa shape index (κ3) is 7.82. The largest absolute Gasteiger partial charge is 0.333 e. The molecule has 0 fully saturated rings. The van der Waals surface area contributed by atoms with Gasteiger partial charge in [-0.25, -0.2) is 4.39 Å². The minimum atomic E-state index is -0.305. The highest BCUT2D eigenvalue weighted by Gasteiger charge is 2.23. The van der Waals surface area contributed by atoms with Gasteiger partial charge in [-0.15, -0.1) is 11.3 Å². The molecule has 0 aliphatic heterocycles. The maximum absolute atomic E-state index is 13.4. The predicted molar refractivity (Wildman–Crippen MR) is 131 cm³/mol. The van der Waals surface area contributed by atoms with Crippen LogP contribution in [-0.4, -0.2) is 34.7 Å². The van der Waals surface area contributed by atoms with Crippen LogP contribution >= 0.6 is 11.3 Å². The molecule has 0 aliphatic carbocycles. The van der Waals surface area contributed by atoms with Crippen molar-refractivity contribution in [3.05, 3.63) is 93.4 Å². The van der Waals surface area contributed by atoms with Gasteiger partial charge in [0.15, 0.2) is 0 Å². The molecule has 4 nitrogen and oxygen atoms in total. The van der Waals surface area contributed by atoms with Crippen LogP contribution in [0.15, 0.2) is 66.7 Å². The van der Waals surface area contributed by atoms with Gasteiger partial charge in [-0.3, -0.25) is 9.59 Å². The number of thiophene rings is 1. The monoisotopic (exact) mass is 466 g/mol. The Balaban J connectivity index is 1.77. The fraction of sp³-hybridized carbons (Fsp3) is 0.333. The number of carbonyl (C=O) groups is 2. The molecule has 3 rings (SSSR count). The lowest BCUT2D eigenvalue weighted by Gasteiger charge is -2.29. The quantitative estimate of drug-likeness (QED) is 0.399. The second kappa shape index (κ2) is 11.8. The van der Waals surface area contributed by atoms with E-state index in [9.17, 15) is 14.0 Å². The maximum Gasteiger partial charge on any atom is 0.242 e. The summed E-state index contributed by atoms with van der Waals surface area (Å²) in [5.41, 5.74) is 1.78. The molecule has 1 heterocycles. The second-order valence-electron chi connectivity index (χ2n) is 8.72. The van der Waals surface area contributed by atoms with E-state index in [0.29, 0.717) is 19.6 Å². The van der Waals surface area contributed by atoms with Gasteiger partial charge in [0.05, 0.1) is 19.5 Å². The van der Waals surface area contributed by atoms with Gasteiger partial charge in [-0.2, -0.15) is 0 Å². The Labute approximate surface area is 199 Å². The van der Waals surface area contributed by atoms with Crippen molar-refractivity contribution in [3.63, 3.8) is 0 Å². The Morgan fingerprint density at radius 2 is 1.55 bits per heavy atom. The highest BCUT2D eigenvalue weighted by Crippen LogP contribution is 2.19. The summed E-state index contributed by atoms with van der Waals surface area (Å²) >= 11 is 1.65. The lowest BCUT2D eigenvalue weighted by atomic mass is 10.1. The van der Waals surface area contributed by atoms with E-state index in [1.54, 1.807) is 33.3 Å². The highest BCUT2D eigenvalue weighted by atomic mass is 32.1. The molecule has 0 atom stereocenters. The second-order valence-corrected chi connectivity index (χ2v) is 10.1. The van der Waals surface area contributed by atoms with Gasteiger partial charge in [0.1, 0.15) is 5.82 Å². The number of amides is 2. The normalized spacial score (nSPS) is 10.9. The summed E-state index contributed by atoms with van der Waals surface area (Å²) in [6.45, 7) is 7.47. The minimum absolute atomic E-state index is 0.0232. The summed E-state index contributed by atoms with van der Waals surface area (Å²) < 4.78 is 13.4. The maximum atomic E-state index is 13.4. The van der Waals surface area contributed by atoms with Crippen LogP contribution in [0.1, 0.15) is 34.7 Å². The number of hydrogen-bond donors (Lipinski definition) is 0. The molecule has 0 aliphatic rings. The Bertz CT molecular complexity index is 1050. The molecule has 3 aromatic rings. The molecule has 2 amide bonds. The van der Waals surface area contributed by atoms with Crippen molar-refractivity contribution in [3.8, 4) is 0 Å². The summed E-state index contributed by atoms with van der Waals surface area (Å²) in [4.78, 5) is 32.2. The van der Waals surface area contributed by atoms with Gasteiger partial charge in [-0.05, 0) is 48.2 Å². The molecular formula is C27H31FN2O2S. The summed E-state index contributed by atoms with van der Waals surface area (Å²) in [5, 5.41) is 0. The fourth-order valence-electron chi connectivity index (χ4n) is 3.64. The molecular weight excluding hydrogens is 435 g/mol. The van der Waals surface area contributed by atoms with E-state index < -0.39 is 0 Å². The Morgan fingerprint density at radius 1 is 0.848 bits per heavy atom. The van der Waals surface area contributed by atoms with E-state index in [4.69, 9.17) is 0 Å². The average molecular weight is 467 g/mol. The third-order valence-electron chi connectivity index (χ3n) is 5.24. The predicted octanol–water partition coefficient (Wildman–Crippen LogP) is 5.45. The first-order valence-corrected chi connectivity index (χ1v) is 12.0. The van der Waals surface area contributed by atoms with Crippen LogP contribution in [0.25, 0.3) is 0 Å². The van der Waals surface area contributed by atoms with E-state index in [1.165, 1.54) is 17.0 Å². The van der Waals surface area contributed by atoms with Crippen molar-refractivity contribution in [1.82, 2.24) is 9.80 Å². The highest BCUT2D eigenvalue weighted by molar-refractivity contribution is 7.11. The summed E-state index contributed by atoms with van der Waals surface area (Å²) in [6.07, 6.45) is 0.267. The van der Waals surface area contributed by atoms with Crippen molar-refractivity contribution < 1.29 is 14.0 Å². The van der Waals surface area contributed by atoms with Crippen molar-refractivity contribution in [1.29, 1.82) is 0 Å². The first-order valence-electron chi connectivity index (χ1n) is 11.2. The molecule has 0 spiro atoms. The molecule has 0 saturated heterocycles. The van der Waals surface area contributed by atoms with Crippen LogP contribution in [0, 0.1) is 18.7 Å². The van der Waals surface area contributed by atoms with E-state index in [0.717, 1.165) is 16.0 Å². The van der Waals surface area contributed by atoms with Crippen LogP contribution < -0.4 is 0 Å². The molecule has 0 radical (unpaired) electrons. The molecule has 33 heavy (non-hydrogen) atoms. The lowest BCUT2D eigenvalue weighted by Crippen LogP contribution is -2.44. The number of benzene rings is 2. The van der Waals surface area contributed by atoms with Gasteiger partial charge in [0.2, 0.25) is 11.8 Å². The van der Waals surface area contributed by atoms with Crippen LogP contribution in [0.2, 0.25) is 0 Å². The van der Waals surface area contributed by atoms with E-state index in [-0.39, 0.29) is 36.5 Å². The molecule has 0 saturated carbocycles. The van der Waals surface area contributed by atoms with Crippen LogP contribution in [0.3, 0.4) is 0 Å². The lowest BCUT2D eigenvalue weighted by molar-refractivity contribution is -0.141. The third-order valence-corrected chi connectivity index (χ3v) is 6.23. The fourth-order valence-corrected chi connectivity index (χ4v) is 4.55. The first-order chi connectivity index (χ1) is 15.8. The standard InChI is InChI=1S/C27H31FN2O2S/c1-20(2)16-29(26(31)15-22-7-5-4-6-8-22)19-27(32)30(18-25-14-9-21(3)33-25)17-23-10-12-24(28)13-11-23/h4-14,20H,15-19H2,1-3H3. The van der Waals surface area contributed by atoms with E-state index in [2.05, 4.69) is 0 Å². The zero-order valence-corrected chi connectivity index (χ0v) is 20.3. The minimum Gasteiger partial charge on any atom is -0.333 e. The Morgan fingerprint density at radius 3 is 2.15 bits per heavy atom. The van der Waals surface area contributed by atoms with Crippen molar-refractivity contribution >= 4 is 23.2 Å². The SMILES string of the molecule is Cc1ccc(CN(Cc2ccc(F)cc2)C(=O)CN(CC(C)C)C(=O)Cc2ccccc2)s1. The van der Waals surface area contributed by atoms with E-state index >= 15 is 0 Å². The van der Waals surface area contributed by atoms with Crippen molar-refractivity contribution in [2.45, 2.75) is 40.3 Å². The molecule has 2 aromatic carbocycles. The van der Waals surface area contributed by atoms with Gasteiger partial charge < -0.3 is 9.80 Å². The Hall–Kier alpha value is -2.99. The summed E-state index contributed by atoms with van der Waals surface area (Å²) in [5.74, 6) is -0.243. The molecule has 1 aromatic heterocycles. The van der Waals surface area contributed by atoms with E-state index in [1.807, 2.05) is 63.2 Å². The average Bonchev–Trinajstić information content (AvgIpc) is 3.19. The van der Waals surface area contributed by atoms with Crippen LogP contribution in [0.4, 0.5) is 4.39 Å². The van der Waals surface area contributed by atoms with Crippen LogP contribution in [0.5, 0.6) is 0 Å². The molecule has 0 unspecified atom stereocenters. The number of nitrogens with zero attached hydrogens (tertiary/aromatic N) is 2. The number of halogens is 1. The first kappa shape index (κ1) is 24.6. The zero-order valence-electron chi connectivity index (χ0n) is 19.5. The molecule has 0 N–H and O–H groups in total. The van der Waals surface area contributed by atoms with Crippen LogP contribution in [-0.2, 0) is 29.1 Å². The van der Waals surface area contributed by atoms with Gasteiger partial charge in [-0.1, -0.05) is 56.3 Å². The summed E-state index contributed by atoms with van der Waals surface area (Å²) in [6, 6.07) is 19.9. The number of aryl methyl sites for hydroxylation is 1. The van der Waals surface area contributed by atoms with Crippen molar-refractivity contribution in [2.75, 3.05) is 13.1 Å². The molecule has 0 bridgehead atoms. The Kier molecular flexibility index (Phi) is 8.78. The number of rotatable bonds is 10. The topological polar surface area (TPSA) is 40.6 Å². The summed E-state index contributed by atoms with van der Waals surface area (Å²) in [7, 11) is 0. The zero-order chi connectivity index (χ0) is 23.8.